The van der Waals surface area contributed by atoms with Gasteiger partial charge in [-0.15, -0.1) is 6.58 Å². The molecule has 1 fully saturated rings. The zero-order valence-corrected chi connectivity index (χ0v) is 28.9. The van der Waals surface area contributed by atoms with Crippen molar-refractivity contribution in [2.45, 2.75) is 71.3 Å². The molecule has 0 unspecified atom stereocenters. The first-order chi connectivity index (χ1) is 22.9. The molecule has 1 aromatic heterocycles. The van der Waals surface area contributed by atoms with E-state index in [0.29, 0.717) is 42.9 Å². The average molecular weight is 686 g/mol. The SMILES string of the molecule is C=CC1(C)CCC(c2ccc(Nc3nc(Nc4ccc(CP(OCC)OCC)cc4OC)ncc3C(F)(F)F)c3c2CN(C)C3=O)CC1. The van der Waals surface area contributed by atoms with Gasteiger partial charge in [0.25, 0.3) is 5.91 Å². The Balaban J connectivity index is 1.45. The van der Waals surface area contributed by atoms with Crippen LogP contribution in [0, 0.1) is 5.41 Å². The van der Waals surface area contributed by atoms with E-state index in [2.05, 4.69) is 34.1 Å². The van der Waals surface area contributed by atoms with Crippen molar-refractivity contribution < 1.29 is 31.8 Å². The number of alkyl halides is 3. The minimum atomic E-state index is -4.75. The maximum Gasteiger partial charge on any atom is 0.421 e. The highest BCUT2D eigenvalue weighted by Crippen LogP contribution is 2.47. The summed E-state index contributed by atoms with van der Waals surface area (Å²) in [6, 6.07) is 9.06. The summed E-state index contributed by atoms with van der Waals surface area (Å²) < 4.78 is 59.7. The van der Waals surface area contributed by atoms with Gasteiger partial charge in [0.05, 0.1) is 37.3 Å². The maximum atomic E-state index is 14.2. The second-order valence-corrected chi connectivity index (χ2v) is 13.9. The van der Waals surface area contributed by atoms with Crippen molar-refractivity contribution >= 4 is 37.4 Å². The fraction of sp³-hybridized carbons (Fsp3) is 0.457. The molecule has 0 spiro atoms. The number of carbonyl (C=O) groups is 1. The van der Waals surface area contributed by atoms with Crippen LogP contribution in [0.25, 0.3) is 0 Å². The number of rotatable bonds is 13. The van der Waals surface area contributed by atoms with E-state index in [1.165, 1.54) is 7.11 Å². The first-order valence-corrected chi connectivity index (χ1v) is 17.5. The van der Waals surface area contributed by atoms with Crippen LogP contribution in [0.4, 0.5) is 36.3 Å². The molecule has 9 nitrogen and oxygen atoms in total. The quantitative estimate of drug-likeness (QED) is 0.136. The number of aromatic nitrogens is 2. The van der Waals surface area contributed by atoms with Gasteiger partial charge in [0.15, 0.2) is 8.38 Å². The number of nitrogens with zero attached hydrogens (tertiary/aromatic N) is 3. The third-order valence-corrected chi connectivity index (χ3v) is 10.8. The van der Waals surface area contributed by atoms with E-state index >= 15 is 0 Å². The fourth-order valence-electron chi connectivity index (χ4n) is 6.35. The summed E-state index contributed by atoms with van der Waals surface area (Å²) in [5.74, 6) is -0.0822. The zero-order chi connectivity index (χ0) is 34.6. The number of amides is 1. The van der Waals surface area contributed by atoms with Crippen molar-refractivity contribution in [2.24, 2.45) is 5.41 Å². The Bertz CT molecular complexity index is 1640. The van der Waals surface area contributed by atoms with Gasteiger partial charge >= 0.3 is 6.18 Å². The molecule has 2 N–H and O–H groups in total. The molecule has 1 aliphatic heterocycles. The number of allylic oxidation sites excluding steroid dienone is 1. The van der Waals surface area contributed by atoms with Crippen molar-refractivity contribution in [1.29, 1.82) is 0 Å². The summed E-state index contributed by atoms with van der Waals surface area (Å²) in [6.45, 7) is 11.5. The smallest absolute Gasteiger partial charge is 0.421 e. The molecular weight excluding hydrogens is 642 g/mol. The van der Waals surface area contributed by atoms with E-state index in [9.17, 15) is 18.0 Å². The molecule has 1 aliphatic carbocycles. The van der Waals surface area contributed by atoms with Crippen molar-refractivity contribution in [1.82, 2.24) is 14.9 Å². The van der Waals surface area contributed by atoms with Crippen molar-refractivity contribution in [3.63, 3.8) is 0 Å². The van der Waals surface area contributed by atoms with Crippen LogP contribution in [-0.2, 0) is 27.9 Å². The molecule has 13 heteroatoms. The Kier molecular flexibility index (Phi) is 11.0. The number of methoxy groups -OCH3 is 1. The van der Waals surface area contributed by atoms with Crippen LogP contribution in [0.3, 0.4) is 0 Å². The van der Waals surface area contributed by atoms with Crippen LogP contribution in [0.15, 0.2) is 49.2 Å². The number of hydrogen-bond acceptors (Lipinski definition) is 8. The molecule has 1 amide bonds. The zero-order valence-electron chi connectivity index (χ0n) is 28.0. The Morgan fingerprint density at radius 1 is 1.10 bits per heavy atom. The van der Waals surface area contributed by atoms with Crippen LogP contribution >= 0.6 is 8.38 Å². The van der Waals surface area contributed by atoms with E-state index < -0.39 is 25.9 Å². The summed E-state index contributed by atoms with van der Waals surface area (Å²) in [7, 11) is 2.08. The first-order valence-electron chi connectivity index (χ1n) is 16.1. The minimum absolute atomic E-state index is 0.0772. The topological polar surface area (TPSA) is 97.8 Å². The molecule has 0 atom stereocenters. The highest BCUT2D eigenvalue weighted by molar-refractivity contribution is 7.46. The van der Waals surface area contributed by atoms with E-state index in [1.54, 1.807) is 24.1 Å². The number of hydrogen-bond donors (Lipinski definition) is 2. The highest BCUT2D eigenvalue weighted by Gasteiger charge is 2.38. The summed E-state index contributed by atoms with van der Waals surface area (Å²) in [4.78, 5) is 23.2. The maximum absolute atomic E-state index is 14.2. The van der Waals surface area contributed by atoms with Crippen LogP contribution in [-0.4, -0.2) is 48.1 Å². The third kappa shape index (κ3) is 7.77. The second-order valence-electron chi connectivity index (χ2n) is 12.4. The van der Waals surface area contributed by atoms with Gasteiger partial charge in [-0.3, -0.25) is 4.79 Å². The summed E-state index contributed by atoms with van der Waals surface area (Å²) in [5.41, 5.74) is 2.99. The molecule has 2 heterocycles. The lowest BCUT2D eigenvalue weighted by Gasteiger charge is -2.36. The molecular formula is C35H43F3N5O4P. The lowest BCUT2D eigenvalue weighted by molar-refractivity contribution is -0.137. The summed E-state index contributed by atoms with van der Waals surface area (Å²) >= 11 is 0. The molecule has 5 rings (SSSR count). The van der Waals surface area contributed by atoms with Gasteiger partial charge in [0.2, 0.25) is 5.95 Å². The van der Waals surface area contributed by atoms with Crippen LogP contribution in [0.2, 0.25) is 0 Å². The second kappa shape index (κ2) is 14.8. The van der Waals surface area contributed by atoms with Gasteiger partial charge in [0.1, 0.15) is 17.1 Å². The predicted molar refractivity (Wildman–Crippen MR) is 182 cm³/mol. The van der Waals surface area contributed by atoms with Gasteiger partial charge in [-0.1, -0.05) is 25.1 Å². The van der Waals surface area contributed by atoms with Crippen molar-refractivity contribution in [3.05, 3.63) is 77.0 Å². The molecule has 1 saturated carbocycles. The van der Waals surface area contributed by atoms with Crippen molar-refractivity contribution in [3.8, 4) is 5.75 Å². The largest absolute Gasteiger partial charge is 0.495 e. The van der Waals surface area contributed by atoms with Gasteiger partial charge < -0.3 is 29.3 Å². The average Bonchev–Trinajstić information content (AvgIpc) is 3.36. The standard InChI is InChI=1S/C35H43F3N5O4P/c1-7-34(4)16-14-23(15-17-34)24-11-13-28(30-25(24)20-43(5)32(30)44)40-31-26(35(36,37)38)19-39-33(42-31)41-27-12-10-22(18-29(27)45-6)21-48(46-8-2)47-9-3/h7,10-13,18-19,23H,1,8-9,14-17,20-21H2,2-6H3,(H2,39,40,41,42). The van der Waals surface area contributed by atoms with E-state index in [4.69, 9.17) is 13.8 Å². The number of benzene rings is 2. The van der Waals surface area contributed by atoms with Gasteiger partial charge in [-0.25, -0.2) is 4.98 Å². The molecule has 48 heavy (non-hydrogen) atoms. The monoisotopic (exact) mass is 685 g/mol. The van der Waals surface area contributed by atoms with Crippen molar-refractivity contribution in [2.75, 3.05) is 38.0 Å². The molecule has 3 aromatic rings. The van der Waals surface area contributed by atoms with Crippen LogP contribution in [0.5, 0.6) is 5.75 Å². The highest BCUT2D eigenvalue weighted by atomic mass is 31.2. The first kappa shape index (κ1) is 35.6. The van der Waals surface area contributed by atoms with E-state index in [-0.39, 0.29) is 28.9 Å². The van der Waals surface area contributed by atoms with Gasteiger partial charge in [0, 0.05) is 26.0 Å². The lowest BCUT2D eigenvalue weighted by atomic mass is 9.69. The fourth-order valence-corrected chi connectivity index (χ4v) is 7.68. The lowest BCUT2D eigenvalue weighted by Crippen LogP contribution is -2.22. The van der Waals surface area contributed by atoms with E-state index in [1.807, 2.05) is 38.1 Å². The van der Waals surface area contributed by atoms with E-state index in [0.717, 1.165) is 48.6 Å². The van der Waals surface area contributed by atoms with Crippen LogP contribution < -0.4 is 15.4 Å². The Labute approximate surface area is 281 Å². The Hall–Kier alpha value is -3.73. The number of carbonyl (C=O) groups excluding carboxylic acids is 1. The van der Waals surface area contributed by atoms with Crippen LogP contribution in [0.1, 0.15) is 85.0 Å². The molecule has 258 valence electrons. The number of nitrogens with one attached hydrogen (secondary N) is 2. The number of anilines is 4. The number of fused-ring (bicyclic) bond motifs is 1. The van der Waals surface area contributed by atoms with Gasteiger partial charge in [-0.05, 0) is 85.8 Å². The molecule has 2 aromatic carbocycles. The Morgan fingerprint density at radius 2 is 1.79 bits per heavy atom. The minimum Gasteiger partial charge on any atom is -0.495 e. The summed E-state index contributed by atoms with van der Waals surface area (Å²) in [5, 5.41) is 5.86. The summed E-state index contributed by atoms with van der Waals surface area (Å²) in [6.07, 6.45) is 2.43. The number of halogens is 3. The Morgan fingerprint density at radius 3 is 2.42 bits per heavy atom. The normalized spacial score (nSPS) is 19.4. The third-order valence-electron chi connectivity index (χ3n) is 9.08. The van der Waals surface area contributed by atoms with Gasteiger partial charge in [-0.2, -0.15) is 18.2 Å². The molecule has 0 radical (unpaired) electrons. The molecule has 2 aliphatic rings. The molecule has 0 saturated heterocycles. The predicted octanol–water partition coefficient (Wildman–Crippen LogP) is 9.31. The molecule has 0 bridgehead atoms. The number of ether oxygens (including phenoxy) is 1.